The van der Waals surface area contributed by atoms with Crippen molar-refractivity contribution in [3.63, 3.8) is 0 Å². The van der Waals surface area contributed by atoms with Gasteiger partial charge in [0.1, 0.15) is 0 Å². The Balaban J connectivity index is 1.44. The molecule has 0 spiro atoms. The van der Waals surface area contributed by atoms with E-state index in [0.717, 1.165) is 27.9 Å². The number of hydrogen-bond donors (Lipinski definition) is 1. The first-order valence-electron chi connectivity index (χ1n) is 9.26. The summed E-state index contributed by atoms with van der Waals surface area (Å²) in [6, 6.07) is 17.6. The number of amides is 1. The highest BCUT2D eigenvalue weighted by molar-refractivity contribution is 7.98. The molecule has 4 aromatic rings. The van der Waals surface area contributed by atoms with Crippen LogP contribution in [0.15, 0.2) is 84.0 Å². The lowest BCUT2D eigenvalue weighted by atomic mass is 10.1. The summed E-state index contributed by atoms with van der Waals surface area (Å²) < 4.78 is 2.06. The Kier molecular flexibility index (Phi) is 6.36. The molecule has 0 aliphatic heterocycles. The number of allylic oxidation sites excluding steroid dienone is 1. The van der Waals surface area contributed by atoms with Crippen LogP contribution in [0.5, 0.6) is 0 Å². The average molecular weight is 434 g/mol. The van der Waals surface area contributed by atoms with E-state index in [2.05, 4.69) is 31.6 Å². The SMILES string of the molecule is C=CCn1c(SCc2ccc(C(=O)Nc3nccs3)cc2)nnc1-c1ccccc1. The molecule has 2 heterocycles. The van der Waals surface area contributed by atoms with Crippen LogP contribution in [-0.2, 0) is 12.3 Å². The first kappa shape index (κ1) is 20.1. The van der Waals surface area contributed by atoms with Gasteiger partial charge in [0.15, 0.2) is 16.1 Å². The third kappa shape index (κ3) is 4.67. The van der Waals surface area contributed by atoms with Crippen molar-refractivity contribution in [2.75, 3.05) is 5.32 Å². The summed E-state index contributed by atoms with van der Waals surface area (Å²) >= 11 is 3.00. The fourth-order valence-corrected chi connectivity index (χ4v) is 4.27. The van der Waals surface area contributed by atoms with Gasteiger partial charge in [0.05, 0.1) is 0 Å². The van der Waals surface area contributed by atoms with Crippen molar-refractivity contribution in [3.05, 3.63) is 90.0 Å². The third-order valence-electron chi connectivity index (χ3n) is 4.30. The quantitative estimate of drug-likeness (QED) is 0.308. The summed E-state index contributed by atoms with van der Waals surface area (Å²) in [6.45, 7) is 4.49. The molecule has 4 rings (SSSR count). The van der Waals surface area contributed by atoms with E-state index in [-0.39, 0.29) is 5.91 Å². The smallest absolute Gasteiger partial charge is 0.257 e. The van der Waals surface area contributed by atoms with Crippen molar-refractivity contribution in [1.82, 2.24) is 19.7 Å². The van der Waals surface area contributed by atoms with E-state index in [9.17, 15) is 4.79 Å². The van der Waals surface area contributed by atoms with E-state index >= 15 is 0 Å². The summed E-state index contributed by atoms with van der Waals surface area (Å²) in [5, 5.41) is 14.8. The fraction of sp³-hybridized carbons (Fsp3) is 0.0909. The number of nitrogens with one attached hydrogen (secondary N) is 1. The van der Waals surface area contributed by atoms with Crippen LogP contribution in [0.4, 0.5) is 5.13 Å². The maximum atomic E-state index is 12.3. The van der Waals surface area contributed by atoms with Crippen LogP contribution in [0.25, 0.3) is 11.4 Å². The van der Waals surface area contributed by atoms with E-state index in [0.29, 0.717) is 17.2 Å². The molecule has 0 atom stereocenters. The van der Waals surface area contributed by atoms with Crippen LogP contribution in [0.3, 0.4) is 0 Å². The maximum Gasteiger partial charge on any atom is 0.257 e. The number of thioether (sulfide) groups is 1. The number of rotatable bonds is 8. The number of hydrogen-bond acceptors (Lipinski definition) is 6. The minimum atomic E-state index is -0.164. The second-order valence-electron chi connectivity index (χ2n) is 6.35. The van der Waals surface area contributed by atoms with Crippen molar-refractivity contribution in [2.45, 2.75) is 17.5 Å². The highest BCUT2D eigenvalue weighted by Gasteiger charge is 2.14. The van der Waals surface area contributed by atoms with Gasteiger partial charge in [0.25, 0.3) is 5.91 Å². The van der Waals surface area contributed by atoms with Gasteiger partial charge >= 0.3 is 0 Å². The Morgan fingerprint density at radius 2 is 1.93 bits per heavy atom. The zero-order chi connectivity index (χ0) is 20.8. The number of carbonyl (C=O) groups excluding carboxylic acids is 1. The molecule has 2 aromatic carbocycles. The maximum absolute atomic E-state index is 12.3. The van der Waals surface area contributed by atoms with Gasteiger partial charge in [-0.3, -0.25) is 14.7 Å². The van der Waals surface area contributed by atoms with E-state index in [1.165, 1.54) is 11.3 Å². The molecular weight excluding hydrogens is 414 g/mol. The highest BCUT2D eigenvalue weighted by Crippen LogP contribution is 2.26. The first-order chi connectivity index (χ1) is 14.7. The zero-order valence-corrected chi connectivity index (χ0v) is 17.7. The number of carbonyl (C=O) groups is 1. The molecule has 0 bridgehead atoms. The third-order valence-corrected chi connectivity index (χ3v) is 6.02. The van der Waals surface area contributed by atoms with Crippen LogP contribution in [0, 0.1) is 0 Å². The zero-order valence-electron chi connectivity index (χ0n) is 16.1. The molecule has 150 valence electrons. The Bertz CT molecular complexity index is 1120. The molecule has 1 N–H and O–H groups in total. The highest BCUT2D eigenvalue weighted by atomic mass is 32.2. The minimum absolute atomic E-state index is 0.164. The molecule has 0 aliphatic rings. The molecule has 0 saturated carbocycles. The number of aromatic nitrogens is 4. The van der Waals surface area contributed by atoms with Crippen molar-refractivity contribution in [2.24, 2.45) is 0 Å². The fourth-order valence-electron chi connectivity index (χ4n) is 2.84. The molecule has 30 heavy (non-hydrogen) atoms. The Morgan fingerprint density at radius 3 is 2.63 bits per heavy atom. The van der Waals surface area contributed by atoms with Gasteiger partial charge in [0, 0.05) is 35.0 Å². The standard InChI is InChI=1S/C22H19N5OS2/c1-2-13-27-19(17-6-4-3-5-7-17)25-26-22(27)30-15-16-8-10-18(11-9-16)20(28)24-21-23-12-14-29-21/h2-12,14H,1,13,15H2,(H,23,24,28). The van der Waals surface area contributed by atoms with Crippen LogP contribution in [0.1, 0.15) is 15.9 Å². The molecule has 0 saturated heterocycles. The van der Waals surface area contributed by atoms with Crippen LogP contribution in [0.2, 0.25) is 0 Å². The molecule has 8 heteroatoms. The van der Waals surface area contributed by atoms with Crippen molar-refractivity contribution in [1.29, 1.82) is 0 Å². The van der Waals surface area contributed by atoms with Gasteiger partial charge in [-0.15, -0.1) is 28.1 Å². The van der Waals surface area contributed by atoms with Gasteiger partial charge in [-0.25, -0.2) is 4.98 Å². The monoisotopic (exact) mass is 433 g/mol. The van der Waals surface area contributed by atoms with Gasteiger partial charge < -0.3 is 0 Å². The van der Waals surface area contributed by atoms with Gasteiger partial charge in [0.2, 0.25) is 0 Å². The van der Waals surface area contributed by atoms with Gasteiger partial charge in [-0.05, 0) is 17.7 Å². The lowest BCUT2D eigenvalue weighted by Gasteiger charge is -2.08. The normalized spacial score (nSPS) is 10.7. The summed E-state index contributed by atoms with van der Waals surface area (Å²) in [4.78, 5) is 16.3. The van der Waals surface area contributed by atoms with E-state index in [1.54, 1.807) is 18.0 Å². The molecule has 0 aliphatic carbocycles. The molecular formula is C22H19N5OS2. The van der Waals surface area contributed by atoms with Crippen molar-refractivity contribution < 1.29 is 4.79 Å². The van der Waals surface area contributed by atoms with E-state index < -0.39 is 0 Å². The topological polar surface area (TPSA) is 72.7 Å². The number of anilines is 1. The first-order valence-corrected chi connectivity index (χ1v) is 11.1. The lowest BCUT2D eigenvalue weighted by molar-refractivity contribution is 0.102. The van der Waals surface area contributed by atoms with E-state index in [1.807, 2.05) is 66.1 Å². The summed E-state index contributed by atoms with van der Waals surface area (Å²) in [5.41, 5.74) is 2.72. The van der Waals surface area contributed by atoms with Crippen LogP contribution >= 0.6 is 23.1 Å². The Morgan fingerprint density at radius 1 is 1.13 bits per heavy atom. The predicted octanol–water partition coefficient (Wildman–Crippen LogP) is 5.13. The molecule has 2 aromatic heterocycles. The predicted molar refractivity (Wildman–Crippen MR) is 122 cm³/mol. The Labute approximate surface area is 182 Å². The second kappa shape index (κ2) is 9.51. The summed E-state index contributed by atoms with van der Waals surface area (Å²) in [7, 11) is 0. The molecule has 0 fully saturated rings. The van der Waals surface area contributed by atoms with Crippen LogP contribution in [-0.4, -0.2) is 25.7 Å². The molecule has 0 unspecified atom stereocenters. The number of thiazole rings is 1. The van der Waals surface area contributed by atoms with Crippen molar-refractivity contribution in [3.8, 4) is 11.4 Å². The van der Waals surface area contributed by atoms with Crippen molar-refractivity contribution >= 4 is 34.1 Å². The molecule has 1 amide bonds. The summed E-state index contributed by atoms with van der Waals surface area (Å²) in [6.07, 6.45) is 3.50. The summed E-state index contributed by atoms with van der Waals surface area (Å²) in [5.74, 6) is 1.38. The molecule has 6 nitrogen and oxygen atoms in total. The molecule has 0 radical (unpaired) electrons. The minimum Gasteiger partial charge on any atom is -0.298 e. The second-order valence-corrected chi connectivity index (χ2v) is 8.19. The van der Waals surface area contributed by atoms with Gasteiger partial charge in [-0.2, -0.15) is 0 Å². The van der Waals surface area contributed by atoms with Crippen LogP contribution < -0.4 is 5.32 Å². The number of nitrogens with zero attached hydrogens (tertiary/aromatic N) is 4. The largest absolute Gasteiger partial charge is 0.298 e. The van der Waals surface area contributed by atoms with E-state index in [4.69, 9.17) is 0 Å². The average Bonchev–Trinajstić information content (AvgIpc) is 3.43. The lowest BCUT2D eigenvalue weighted by Crippen LogP contribution is -2.11. The Hall–Kier alpha value is -3.23. The van der Waals surface area contributed by atoms with Gasteiger partial charge in [-0.1, -0.05) is 60.3 Å². The number of benzene rings is 2.